The van der Waals surface area contributed by atoms with Gasteiger partial charge >= 0.3 is 12.0 Å². The molecule has 5 aromatic rings. The SMILES string of the molecule is Cc1oc(=O)oc1COC(=O)Oc1ccc2c(ccn2CCC(C)(C)NC[C@H](O)c2cccc(NS(=O)(=O)c3ccccc3)c2)c1. The molecule has 13 heteroatoms. The van der Waals surface area contributed by atoms with Crippen molar-refractivity contribution in [3.8, 4) is 5.75 Å². The summed E-state index contributed by atoms with van der Waals surface area (Å²) in [6.07, 6.45) is 0.871. The van der Waals surface area contributed by atoms with Crippen molar-refractivity contribution in [3.63, 3.8) is 0 Å². The number of hydrogen-bond acceptors (Lipinski definition) is 10. The monoisotopic (exact) mass is 649 g/mol. The number of carbonyl (C=O) groups is 1. The Hall–Kier alpha value is -4.85. The third kappa shape index (κ3) is 8.24. The molecular weight excluding hydrogens is 614 g/mol. The van der Waals surface area contributed by atoms with Gasteiger partial charge in [0.25, 0.3) is 10.0 Å². The molecule has 2 aromatic heterocycles. The van der Waals surface area contributed by atoms with Crippen LogP contribution in [0.2, 0.25) is 0 Å². The Morgan fingerprint density at radius 2 is 1.80 bits per heavy atom. The molecule has 46 heavy (non-hydrogen) atoms. The predicted octanol–water partition coefficient (Wildman–Crippen LogP) is 5.50. The molecule has 0 fully saturated rings. The Bertz CT molecular complexity index is 1980. The normalized spacial score (nSPS) is 12.6. The second kappa shape index (κ2) is 13.6. The predicted molar refractivity (Wildman–Crippen MR) is 170 cm³/mol. The molecule has 0 bridgehead atoms. The van der Waals surface area contributed by atoms with Crippen LogP contribution >= 0.6 is 0 Å². The lowest BCUT2D eigenvalue weighted by molar-refractivity contribution is 0.0858. The van der Waals surface area contributed by atoms with Crippen LogP contribution in [0.25, 0.3) is 10.9 Å². The molecule has 0 saturated carbocycles. The maximum atomic E-state index is 12.7. The number of aryl methyl sites for hydroxylation is 2. The van der Waals surface area contributed by atoms with Crippen molar-refractivity contribution in [2.75, 3.05) is 11.3 Å². The van der Waals surface area contributed by atoms with Crippen LogP contribution in [0.15, 0.2) is 104 Å². The standard InChI is InChI=1S/C33H35N3O9S/c1-22-30(45-32(39)43-22)21-42-31(38)44-26-12-13-28-23(19-26)14-16-36(28)17-15-33(2,3)34-20-29(37)24-8-7-9-25(18-24)35-46(40,41)27-10-5-4-6-11-27/h4-14,16,18-19,29,34-35,37H,15,17,20-21H2,1-3H3/t29-/m0/s1. The number of ether oxygens (including phenoxy) is 2. The fraction of sp³-hybridized carbons (Fsp3) is 0.273. The summed E-state index contributed by atoms with van der Waals surface area (Å²) in [5.41, 5.74) is 1.55. The molecule has 12 nitrogen and oxygen atoms in total. The first-order chi connectivity index (χ1) is 21.9. The molecular formula is C33H35N3O9S. The largest absolute Gasteiger partial charge is 0.519 e. The number of carbonyl (C=O) groups excluding carboxylic acids is 1. The van der Waals surface area contributed by atoms with E-state index < -0.39 is 28.1 Å². The van der Waals surface area contributed by atoms with E-state index in [1.165, 1.54) is 19.1 Å². The average Bonchev–Trinajstić information content (AvgIpc) is 3.58. The first-order valence-corrected chi connectivity index (χ1v) is 16.0. The smallest absolute Gasteiger partial charge is 0.426 e. The number of aliphatic hydroxyl groups excluding tert-OH is 1. The summed E-state index contributed by atoms with van der Waals surface area (Å²) < 4.78 is 49.9. The second-order valence-corrected chi connectivity index (χ2v) is 13.1. The molecule has 0 radical (unpaired) electrons. The molecule has 1 atom stereocenters. The van der Waals surface area contributed by atoms with Crippen molar-refractivity contribution in [1.29, 1.82) is 0 Å². The third-order valence-corrected chi connectivity index (χ3v) is 8.83. The van der Waals surface area contributed by atoms with Gasteiger partial charge < -0.3 is 33.3 Å². The van der Waals surface area contributed by atoms with Gasteiger partial charge in [0.15, 0.2) is 18.1 Å². The summed E-state index contributed by atoms with van der Waals surface area (Å²) in [6.45, 7) is 6.26. The number of β-amino-alcohol motifs (C(OH)–C–C–N with tert-alkyl or cyclic N) is 1. The molecule has 0 unspecified atom stereocenters. The zero-order valence-corrected chi connectivity index (χ0v) is 26.4. The molecule has 3 N–H and O–H groups in total. The molecule has 0 aliphatic heterocycles. The Balaban J connectivity index is 1.12. The quantitative estimate of drug-likeness (QED) is 0.110. The molecule has 242 valence electrons. The fourth-order valence-electron chi connectivity index (χ4n) is 4.80. The molecule has 0 amide bonds. The Labute approximate surface area is 265 Å². The summed E-state index contributed by atoms with van der Waals surface area (Å²) in [7, 11) is -3.75. The molecule has 2 heterocycles. The van der Waals surface area contributed by atoms with Crippen molar-refractivity contribution >= 4 is 32.8 Å². The maximum absolute atomic E-state index is 12.7. The minimum atomic E-state index is -3.75. The number of rotatable bonds is 13. The molecule has 0 aliphatic carbocycles. The number of anilines is 1. The van der Waals surface area contributed by atoms with Crippen LogP contribution in [-0.2, 0) is 27.9 Å². The van der Waals surface area contributed by atoms with Crippen LogP contribution in [-0.4, -0.2) is 36.3 Å². The summed E-state index contributed by atoms with van der Waals surface area (Å²) in [5.74, 6) is -0.230. The lowest BCUT2D eigenvalue weighted by atomic mass is 9.99. The summed E-state index contributed by atoms with van der Waals surface area (Å²) in [5, 5.41) is 15.2. The average molecular weight is 650 g/mol. The summed E-state index contributed by atoms with van der Waals surface area (Å²) >= 11 is 0. The highest BCUT2D eigenvalue weighted by molar-refractivity contribution is 7.92. The van der Waals surface area contributed by atoms with E-state index in [1.54, 1.807) is 54.6 Å². The number of benzene rings is 3. The van der Waals surface area contributed by atoms with Crippen LogP contribution in [0.5, 0.6) is 5.75 Å². The van der Waals surface area contributed by atoms with E-state index in [9.17, 15) is 23.1 Å². The lowest BCUT2D eigenvalue weighted by Gasteiger charge is -2.28. The Kier molecular flexibility index (Phi) is 9.65. The van der Waals surface area contributed by atoms with E-state index in [0.717, 1.165) is 17.3 Å². The highest BCUT2D eigenvalue weighted by Gasteiger charge is 2.21. The third-order valence-electron chi connectivity index (χ3n) is 7.43. The van der Waals surface area contributed by atoms with Crippen LogP contribution in [0.1, 0.15) is 43.5 Å². The first kappa shape index (κ1) is 32.5. The maximum Gasteiger partial charge on any atom is 0.519 e. The second-order valence-electron chi connectivity index (χ2n) is 11.4. The van der Waals surface area contributed by atoms with Gasteiger partial charge in [-0.2, -0.15) is 0 Å². The van der Waals surface area contributed by atoms with Crippen molar-refractivity contribution in [2.24, 2.45) is 0 Å². The molecule has 0 saturated heterocycles. The lowest BCUT2D eigenvalue weighted by Crippen LogP contribution is -2.42. The van der Waals surface area contributed by atoms with Crippen molar-refractivity contribution in [1.82, 2.24) is 9.88 Å². The molecule has 5 rings (SSSR count). The fourth-order valence-corrected chi connectivity index (χ4v) is 5.87. The van der Waals surface area contributed by atoms with Gasteiger partial charge in [0.2, 0.25) is 0 Å². The van der Waals surface area contributed by atoms with Crippen LogP contribution in [0.4, 0.5) is 10.5 Å². The van der Waals surface area contributed by atoms with Crippen molar-refractivity contribution < 1.29 is 36.6 Å². The molecule has 0 aliphatic rings. The first-order valence-electron chi connectivity index (χ1n) is 14.5. The van der Waals surface area contributed by atoms with E-state index in [1.807, 2.05) is 32.2 Å². The number of sulfonamides is 1. The topological polar surface area (TPSA) is 162 Å². The zero-order valence-electron chi connectivity index (χ0n) is 25.6. The van der Waals surface area contributed by atoms with Gasteiger partial charge in [0.05, 0.1) is 11.0 Å². The minimum Gasteiger partial charge on any atom is -0.426 e. The van der Waals surface area contributed by atoms with Gasteiger partial charge in [0, 0.05) is 41.4 Å². The van der Waals surface area contributed by atoms with Gasteiger partial charge in [-0.15, -0.1) is 0 Å². The summed E-state index contributed by atoms with van der Waals surface area (Å²) in [4.78, 5) is 23.4. The highest BCUT2D eigenvalue weighted by Crippen LogP contribution is 2.25. The number of fused-ring (bicyclic) bond motifs is 1. The minimum absolute atomic E-state index is 0.111. The molecule has 0 spiro atoms. The van der Waals surface area contributed by atoms with E-state index >= 15 is 0 Å². The van der Waals surface area contributed by atoms with Gasteiger partial charge in [-0.25, -0.2) is 18.0 Å². The van der Waals surface area contributed by atoms with Crippen molar-refractivity contribution in [3.05, 3.63) is 113 Å². The Morgan fingerprint density at radius 1 is 1.02 bits per heavy atom. The number of hydrogen-bond donors (Lipinski definition) is 3. The van der Waals surface area contributed by atoms with Gasteiger partial charge in [0.1, 0.15) is 5.75 Å². The van der Waals surface area contributed by atoms with Gasteiger partial charge in [-0.05, 0) is 81.3 Å². The summed E-state index contributed by atoms with van der Waals surface area (Å²) in [6, 6.07) is 22.0. The van der Waals surface area contributed by atoms with Gasteiger partial charge in [-0.3, -0.25) is 4.72 Å². The Morgan fingerprint density at radius 3 is 2.54 bits per heavy atom. The van der Waals surface area contributed by atoms with E-state index in [-0.39, 0.29) is 35.1 Å². The van der Waals surface area contributed by atoms with E-state index in [0.29, 0.717) is 23.5 Å². The number of aromatic nitrogens is 1. The van der Waals surface area contributed by atoms with Crippen molar-refractivity contribution in [2.45, 2.75) is 56.9 Å². The zero-order chi connectivity index (χ0) is 32.9. The van der Waals surface area contributed by atoms with Crippen LogP contribution in [0, 0.1) is 6.92 Å². The molecule has 3 aromatic carbocycles. The van der Waals surface area contributed by atoms with E-state index in [4.69, 9.17) is 18.3 Å². The number of nitrogens with zero attached hydrogens (tertiary/aromatic N) is 1. The van der Waals surface area contributed by atoms with E-state index in [2.05, 4.69) is 14.6 Å². The number of nitrogens with one attached hydrogen (secondary N) is 2. The van der Waals surface area contributed by atoms with Crippen LogP contribution < -0.4 is 20.6 Å². The van der Waals surface area contributed by atoms with Gasteiger partial charge in [-0.1, -0.05) is 30.3 Å². The number of aliphatic hydroxyl groups is 1. The highest BCUT2D eigenvalue weighted by atomic mass is 32.2. The van der Waals surface area contributed by atoms with Crippen LogP contribution in [0.3, 0.4) is 0 Å².